The van der Waals surface area contributed by atoms with Crippen molar-refractivity contribution in [2.45, 2.75) is 0 Å². The minimum Gasteiger partial charge on any atom is -0.282 e. The molecule has 0 saturated heterocycles. The highest BCUT2D eigenvalue weighted by Gasteiger charge is 2.07. The molecule has 1 unspecified atom stereocenters. The van der Waals surface area contributed by atoms with Gasteiger partial charge in [-0.3, -0.25) is 4.18 Å². The molecule has 1 atom stereocenters. The van der Waals surface area contributed by atoms with Crippen LogP contribution >= 0.6 is 0 Å². The summed E-state index contributed by atoms with van der Waals surface area (Å²) in [6.45, 7) is 0.323. The maximum atomic E-state index is 10.3. The molecule has 3 heteroatoms. The first-order valence-corrected chi connectivity index (χ1v) is 3.18. The molecule has 1 heterocycles. The van der Waals surface area contributed by atoms with Gasteiger partial charge >= 0.3 is 0 Å². The Hall–Kier alpha value is -0.590. The first-order valence-electron chi connectivity index (χ1n) is 2.04. The van der Waals surface area contributed by atoms with Crippen LogP contribution in [0.1, 0.15) is 0 Å². The molecule has 0 fully saturated rings. The van der Waals surface area contributed by atoms with Gasteiger partial charge in [-0.15, -0.1) is 6.42 Å². The molecule has 0 aromatic carbocycles. The van der Waals surface area contributed by atoms with Gasteiger partial charge in [-0.1, -0.05) is 5.92 Å². The highest BCUT2D eigenvalue weighted by Crippen LogP contribution is 2.06. The van der Waals surface area contributed by atoms with Gasteiger partial charge in [0.2, 0.25) is 0 Å². The normalized spacial score (nSPS) is 26.9. The summed E-state index contributed by atoms with van der Waals surface area (Å²) in [6.07, 6.45) is 4.96. The van der Waals surface area contributed by atoms with Gasteiger partial charge in [-0.25, -0.2) is 4.21 Å². The van der Waals surface area contributed by atoms with E-state index < -0.39 is 11.1 Å². The smallest absolute Gasteiger partial charge is 0.183 e. The van der Waals surface area contributed by atoms with E-state index in [1.54, 1.807) is 0 Å². The monoisotopic (exact) mass is 128 g/mol. The zero-order valence-electron chi connectivity index (χ0n) is 4.09. The van der Waals surface area contributed by atoms with Gasteiger partial charge in [0, 0.05) is 11.0 Å². The van der Waals surface area contributed by atoms with Crippen LogP contribution in [0.15, 0.2) is 11.0 Å². The molecule has 1 aliphatic heterocycles. The molecule has 0 radical (unpaired) electrons. The molecule has 42 valence electrons. The van der Waals surface area contributed by atoms with E-state index >= 15 is 0 Å². The van der Waals surface area contributed by atoms with E-state index in [2.05, 4.69) is 10.1 Å². The van der Waals surface area contributed by atoms with Crippen molar-refractivity contribution < 1.29 is 8.39 Å². The number of hydrogen-bond donors (Lipinski definition) is 0. The van der Waals surface area contributed by atoms with Crippen LogP contribution in [0.25, 0.3) is 0 Å². The Balaban J connectivity index is 2.75. The van der Waals surface area contributed by atoms with E-state index in [9.17, 15) is 4.21 Å². The molecule has 0 amide bonds. The fourth-order valence-corrected chi connectivity index (χ4v) is 1.06. The van der Waals surface area contributed by atoms with Gasteiger partial charge < -0.3 is 0 Å². The summed E-state index contributed by atoms with van der Waals surface area (Å²) in [5, 5.41) is 1.43. The molecule has 8 heavy (non-hydrogen) atoms. The summed E-state index contributed by atoms with van der Waals surface area (Å²) in [6, 6.07) is 0. The first-order chi connectivity index (χ1) is 3.83. The summed E-state index contributed by atoms with van der Waals surface area (Å²) in [5.41, 5.74) is 0.670. The quantitative estimate of drug-likeness (QED) is 0.435. The second-order valence-electron chi connectivity index (χ2n) is 1.31. The predicted molar refractivity (Wildman–Crippen MR) is 31.0 cm³/mol. The van der Waals surface area contributed by atoms with E-state index in [1.807, 2.05) is 0 Å². The van der Waals surface area contributed by atoms with Crippen LogP contribution in [0, 0.1) is 12.3 Å². The Labute approximate surface area is 50.2 Å². The molecule has 0 N–H and O–H groups in total. The molecule has 0 aromatic rings. The molecule has 0 bridgehead atoms. The fourth-order valence-electron chi connectivity index (χ4n) is 0.381. The van der Waals surface area contributed by atoms with Crippen molar-refractivity contribution in [1.29, 1.82) is 0 Å². The zero-order valence-corrected chi connectivity index (χ0v) is 4.90. The number of hydrogen-bond acceptors (Lipinski definition) is 2. The van der Waals surface area contributed by atoms with Crippen LogP contribution in [0.2, 0.25) is 0 Å². The van der Waals surface area contributed by atoms with E-state index in [1.165, 1.54) is 5.41 Å². The molecule has 1 aliphatic rings. The third-order valence-electron chi connectivity index (χ3n) is 0.754. The minimum atomic E-state index is -1.26. The molecule has 0 saturated carbocycles. The zero-order chi connectivity index (χ0) is 5.98. The third kappa shape index (κ3) is 0.971. The number of terminal acetylenes is 1. The highest BCUT2D eigenvalue weighted by molar-refractivity contribution is 7.83. The van der Waals surface area contributed by atoms with Gasteiger partial charge in [0.05, 0.1) is 6.61 Å². The van der Waals surface area contributed by atoms with E-state index in [0.717, 1.165) is 0 Å². The van der Waals surface area contributed by atoms with Crippen molar-refractivity contribution in [2.75, 3.05) is 6.61 Å². The first kappa shape index (κ1) is 5.54. The van der Waals surface area contributed by atoms with Crippen molar-refractivity contribution in [3.05, 3.63) is 11.0 Å². The van der Waals surface area contributed by atoms with Crippen molar-refractivity contribution in [3.63, 3.8) is 0 Å². The molecule has 1 rings (SSSR count). The van der Waals surface area contributed by atoms with Crippen LogP contribution in [-0.4, -0.2) is 10.8 Å². The van der Waals surface area contributed by atoms with Gasteiger partial charge in [-0.2, -0.15) is 0 Å². The lowest BCUT2D eigenvalue weighted by Gasteiger charge is -1.81. The summed E-state index contributed by atoms with van der Waals surface area (Å²) >= 11 is -1.26. The summed E-state index contributed by atoms with van der Waals surface area (Å²) in [4.78, 5) is 0. The standard InChI is InChI=1S/C5H4O2S/c1-2-5-3-7-8(6)4-5/h1,4H,3H2. The average molecular weight is 128 g/mol. The third-order valence-corrected chi connectivity index (χ3v) is 1.58. The maximum absolute atomic E-state index is 10.3. The Bertz CT molecular complexity index is 187. The average Bonchev–Trinajstić information content (AvgIpc) is 2.14. The Kier molecular flexibility index (Phi) is 1.47. The van der Waals surface area contributed by atoms with Gasteiger partial charge in [0.1, 0.15) is 0 Å². The molecule has 2 nitrogen and oxygen atoms in total. The summed E-state index contributed by atoms with van der Waals surface area (Å²) < 4.78 is 14.9. The topological polar surface area (TPSA) is 26.3 Å². The Morgan fingerprint density at radius 3 is 3.00 bits per heavy atom. The lowest BCUT2D eigenvalue weighted by Crippen LogP contribution is -1.84. The molecular formula is C5H4O2S. The van der Waals surface area contributed by atoms with E-state index in [4.69, 9.17) is 6.42 Å². The molecule has 0 aromatic heterocycles. The largest absolute Gasteiger partial charge is 0.282 e. The van der Waals surface area contributed by atoms with Crippen molar-refractivity contribution in [2.24, 2.45) is 0 Å². The SMILES string of the molecule is C#CC1=CS(=O)OC1. The van der Waals surface area contributed by atoms with Crippen LogP contribution in [-0.2, 0) is 15.3 Å². The van der Waals surface area contributed by atoms with Crippen LogP contribution in [0.3, 0.4) is 0 Å². The molecular weight excluding hydrogens is 124 g/mol. The lowest BCUT2D eigenvalue weighted by atomic mass is 10.3. The van der Waals surface area contributed by atoms with Gasteiger partial charge in [0.15, 0.2) is 11.1 Å². The van der Waals surface area contributed by atoms with Crippen LogP contribution in [0.4, 0.5) is 0 Å². The summed E-state index contributed by atoms with van der Waals surface area (Å²) in [7, 11) is 0. The Morgan fingerprint density at radius 1 is 2.00 bits per heavy atom. The van der Waals surface area contributed by atoms with Crippen molar-refractivity contribution >= 4 is 11.1 Å². The maximum Gasteiger partial charge on any atom is 0.183 e. The second-order valence-corrected chi connectivity index (χ2v) is 2.30. The van der Waals surface area contributed by atoms with Gasteiger partial charge in [-0.05, 0) is 0 Å². The van der Waals surface area contributed by atoms with Crippen molar-refractivity contribution in [3.8, 4) is 12.3 Å². The van der Waals surface area contributed by atoms with E-state index in [0.29, 0.717) is 12.2 Å². The van der Waals surface area contributed by atoms with Gasteiger partial charge in [0.25, 0.3) is 0 Å². The van der Waals surface area contributed by atoms with E-state index in [-0.39, 0.29) is 0 Å². The fraction of sp³-hybridized carbons (Fsp3) is 0.200. The Morgan fingerprint density at radius 2 is 2.75 bits per heavy atom. The van der Waals surface area contributed by atoms with Crippen LogP contribution < -0.4 is 0 Å². The van der Waals surface area contributed by atoms with Crippen molar-refractivity contribution in [1.82, 2.24) is 0 Å². The van der Waals surface area contributed by atoms with Crippen LogP contribution in [0.5, 0.6) is 0 Å². The second kappa shape index (κ2) is 2.12. The number of rotatable bonds is 0. The molecule has 0 spiro atoms. The minimum absolute atomic E-state index is 0.323. The lowest BCUT2D eigenvalue weighted by molar-refractivity contribution is 0.405. The summed E-state index contributed by atoms with van der Waals surface area (Å²) in [5.74, 6) is 2.34. The highest BCUT2D eigenvalue weighted by atomic mass is 32.2. The molecule has 0 aliphatic carbocycles. The predicted octanol–water partition coefficient (Wildman–Crippen LogP) is 0.197.